The van der Waals surface area contributed by atoms with Crippen molar-refractivity contribution in [2.24, 2.45) is 0 Å². The molecule has 0 amide bonds. The van der Waals surface area contributed by atoms with Crippen molar-refractivity contribution in [3.05, 3.63) is 35.6 Å². The van der Waals surface area contributed by atoms with Crippen molar-refractivity contribution in [2.75, 3.05) is 18.6 Å². The Morgan fingerprint density at radius 3 is 2.86 bits per heavy atom. The highest BCUT2D eigenvalue weighted by molar-refractivity contribution is 7.99. The minimum atomic E-state index is -0.163. The SMILES string of the molecule is CCSCC(NC)c1cccc(F)c1. The van der Waals surface area contributed by atoms with Crippen molar-refractivity contribution < 1.29 is 4.39 Å². The van der Waals surface area contributed by atoms with Gasteiger partial charge >= 0.3 is 0 Å². The molecule has 0 radical (unpaired) electrons. The van der Waals surface area contributed by atoms with Crippen molar-refractivity contribution in [3.8, 4) is 0 Å². The Kier molecular flexibility index (Phi) is 4.98. The van der Waals surface area contributed by atoms with E-state index in [1.807, 2.05) is 24.9 Å². The predicted molar refractivity (Wildman–Crippen MR) is 61.2 cm³/mol. The molecule has 0 heterocycles. The Labute approximate surface area is 89.1 Å². The van der Waals surface area contributed by atoms with E-state index in [9.17, 15) is 4.39 Å². The van der Waals surface area contributed by atoms with Gasteiger partial charge in [-0.15, -0.1) is 0 Å². The standard InChI is InChI=1S/C11H16FNS/c1-3-14-8-11(13-2)9-5-4-6-10(12)7-9/h4-7,11,13H,3,8H2,1-2H3. The molecule has 14 heavy (non-hydrogen) atoms. The zero-order chi connectivity index (χ0) is 10.4. The Morgan fingerprint density at radius 1 is 1.50 bits per heavy atom. The van der Waals surface area contributed by atoms with E-state index in [0.717, 1.165) is 17.1 Å². The van der Waals surface area contributed by atoms with Crippen LogP contribution in [0.5, 0.6) is 0 Å². The van der Waals surface area contributed by atoms with Gasteiger partial charge in [-0.05, 0) is 30.5 Å². The lowest BCUT2D eigenvalue weighted by molar-refractivity contribution is 0.611. The van der Waals surface area contributed by atoms with Crippen molar-refractivity contribution >= 4 is 11.8 Å². The van der Waals surface area contributed by atoms with Crippen LogP contribution in [0.15, 0.2) is 24.3 Å². The maximum atomic E-state index is 13.0. The summed E-state index contributed by atoms with van der Waals surface area (Å²) in [5, 5.41) is 3.19. The highest BCUT2D eigenvalue weighted by atomic mass is 32.2. The monoisotopic (exact) mass is 213 g/mol. The molecule has 1 rings (SSSR count). The molecule has 0 aromatic heterocycles. The van der Waals surface area contributed by atoms with Gasteiger partial charge in [0.2, 0.25) is 0 Å². The average Bonchev–Trinajstić information content (AvgIpc) is 2.19. The van der Waals surface area contributed by atoms with Crippen LogP contribution in [0, 0.1) is 5.82 Å². The number of halogens is 1. The highest BCUT2D eigenvalue weighted by Crippen LogP contribution is 2.18. The summed E-state index contributed by atoms with van der Waals surface area (Å²) in [6, 6.07) is 7.03. The molecular weight excluding hydrogens is 197 g/mol. The third-order valence-electron chi connectivity index (χ3n) is 2.09. The van der Waals surface area contributed by atoms with E-state index in [2.05, 4.69) is 12.2 Å². The zero-order valence-electron chi connectivity index (χ0n) is 8.59. The second kappa shape index (κ2) is 6.04. The van der Waals surface area contributed by atoms with E-state index in [1.54, 1.807) is 12.1 Å². The number of nitrogens with one attached hydrogen (secondary N) is 1. The molecule has 0 spiro atoms. The lowest BCUT2D eigenvalue weighted by Gasteiger charge is -2.15. The molecule has 1 N–H and O–H groups in total. The minimum absolute atomic E-state index is 0.163. The topological polar surface area (TPSA) is 12.0 Å². The number of hydrogen-bond donors (Lipinski definition) is 1. The van der Waals surface area contributed by atoms with Gasteiger partial charge in [0, 0.05) is 11.8 Å². The van der Waals surface area contributed by atoms with Gasteiger partial charge < -0.3 is 5.32 Å². The lowest BCUT2D eigenvalue weighted by atomic mass is 10.1. The molecule has 3 heteroatoms. The lowest BCUT2D eigenvalue weighted by Crippen LogP contribution is -2.18. The maximum absolute atomic E-state index is 13.0. The van der Waals surface area contributed by atoms with Gasteiger partial charge in [0.05, 0.1) is 0 Å². The molecule has 78 valence electrons. The third-order valence-corrected chi connectivity index (χ3v) is 3.07. The smallest absolute Gasteiger partial charge is 0.123 e. The number of thioether (sulfide) groups is 1. The van der Waals surface area contributed by atoms with Gasteiger partial charge in [0.15, 0.2) is 0 Å². The first-order chi connectivity index (χ1) is 6.77. The molecular formula is C11H16FNS. The molecule has 1 unspecified atom stereocenters. The highest BCUT2D eigenvalue weighted by Gasteiger charge is 2.08. The van der Waals surface area contributed by atoms with Crippen molar-refractivity contribution in [1.29, 1.82) is 0 Å². The molecule has 0 bridgehead atoms. The summed E-state index contributed by atoms with van der Waals surface area (Å²) >= 11 is 1.86. The number of hydrogen-bond acceptors (Lipinski definition) is 2. The van der Waals surface area contributed by atoms with Crippen LogP contribution < -0.4 is 5.32 Å². The summed E-state index contributed by atoms with van der Waals surface area (Å²) in [7, 11) is 1.91. The zero-order valence-corrected chi connectivity index (χ0v) is 9.40. The fourth-order valence-corrected chi connectivity index (χ4v) is 2.14. The van der Waals surface area contributed by atoms with Crippen LogP contribution >= 0.6 is 11.8 Å². The second-order valence-corrected chi connectivity index (χ2v) is 4.37. The quantitative estimate of drug-likeness (QED) is 0.807. The first-order valence-corrected chi connectivity index (χ1v) is 5.94. The summed E-state index contributed by atoms with van der Waals surface area (Å²) < 4.78 is 13.0. The summed E-state index contributed by atoms with van der Waals surface area (Å²) in [6.45, 7) is 2.13. The van der Waals surface area contributed by atoms with E-state index < -0.39 is 0 Å². The molecule has 1 aromatic rings. The van der Waals surface area contributed by atoms with Gasteiger partial charge in [-0.1, -0.05) is 19.1 Å². The van der Waals surface area contributed by atoms with E-state index in [0.29, 0.717) is 0 Å². The Hall–Kier alpha value is -0.540. The van der Waals surface area contributed by atoms with E-state index >= 15 is 0 Å². The average molecular weight is 213 g/mol. The molecule has 0 aliphatic rings. The summed E-state index contributed by atoms with van der Waals surface area (Å²) in [5.41, 5.74) is 1.02. The Bertz CT molecular complexity index is 278. The molecule has 0 saturated heterocycles. The van der Waals surface area contributed by atoms with Crippen LogP contribution in [-0.4, -0.2) is 18.6 Å². The van der Waals surface area contributed by atoms with Gasteiger partial charge in [-0.2, -0.15) is 11.8 Å². The van der Waals surface area contributed by atoms with E-state index in [-0.39, 0.29) is 11.9 Å². The third kappa shape index (κ3) is 3.31. The molecule has 0 aliphatic heterocycles. The van der Waals surface area contributed by atoms with Crippen LogP contribution in [0.3, 0.4) is 0 Å². The first kappa shape index (κ1) is 11.5. The summed E-state index contributed by atoms with van der Waals surface area (Å²) in [6.07, 6.45) is 0. The fourth-order valence-electron chi connectivity index (χ4n) is 1.31. The van der Waals surface area contributed by atoms with Gasteiger partial charge in [0.1, 0.15) is 5.82 Å². The summed E-state index contributed by atoms with van der Waals surface area (Å²) in [4.78, 5) is 0. The van der Waals surface area contributed by atoms with Crippen LogP contribution in [0.25, 0.3) is 0 Å². The molecule has 1 aromatic carbocycles. The predicted octanol–water partition coefficient (Wildman–Crippen LogP) is 2.84. The summed E-state index contributed by atoms with van der Waals surface area (Å²) in [5.74, 6) is 1.91. The van der Waals surface area contributed by atoms with E-state index in [1.165, 1.54) is 6.07 Å². The molecule has 1 atom stereocenters. The molecule has 0 aliphatic carbocycles. The maximum Gasteiger partial charge on any atom is 0.123 e. The van der Waals surface area contributed by atoms with Crippen LogP contribution in [0.1, 0.15) is 18.5 Å². The van der Waals surface area contributed by atoms with Crippen LogP contribution in [0.2, 0.25) is 0 Å². The molecule has 1 nitrogen and oxygen atoms in total. The van der Waals surface area contributed by atoms with Gasteiger partial charge in [0.25, 0.3) is 0 Å². The number of benzene rings is 1. The van der Waals surface area contributed by atoms with Crippen molar-refractivity contribution in [3.63, 3.8) is 0 Å². The van der Waals surface area contributed by atoms with Crippen molar-refractivity contribution in [2.45, 2.75) is 13.0 Å². The minimum Gasteiger partial charge on any atom is -0.312 e. The molecule has 0 fully saturated rings. The van der Waals surface area contributed by atoms with Crippen molar-refractivity contribution in [1.82, 2.24) is 5.32 Å². The second-order valence-electron chi connectivity index (χ2n) is 3.06. The largest absolute Gasteiger partial charge is 0.312 e. The first-order valence-electron chi connectivity index (χ1n) is 4.78. The Morgan fingerprint density at radius 2 is 2.29 bits per heavy atom. The normalized spacial score (nSPS) is 12.8. The van der Waals surface area contributed by atoms with E-state index in [4.69, 9.17) is 0 Å². The fraction of sp³-hybridized carbons (Fsp3) is 0.455. The Balaban J connectivity index is 2.68. The number of rotatable bonds is 5. The van der Waals surface area contributed by atoms with Crippen LogP contribution in [-0.2, 0) is 0 Å². The van der Waals surface area contributed by atoms with Gasteiger partial charge in [-0.3, -0.25) is 0 Å². The molecule has 0 saturated carbocycles. The van der Waals surface area contributed by atoms with Crippen LogP contribution in [0.4, 0.5) is 4.39 Å². The van der Waals surface area contributed by atoms with Gasteiger partial charge in [-0.25, -0.2) is 4.39 Å².